The fraction of sp³-hybridized carbons (Fsp3) is 0. The van der Waals surface area contributed by atoms with E-state index in [2.05, 4.69) is 8.96 Å². The van der Waals surface area contributed by atoms with Crippen LogP contribution in [0.3, 0.4) is 0 Å². The van der Waals surface area contributed by atoms with Crippen LogP contribution in [-0.2, 0) is 13.3 Å². The van der Waals surface area contributed by atoms with Gasteiger partial charge in [0, 0.05) is 16.9 Å². The van der Waals surface area contributed by atoms with Crippen molar-refractivity contribution in [1.29, 1.82) is 0 Å². The molecule has 0 unspecified atom stereocenters. The van der Waals surface area contributed by atoms with Gasteiger partial charge in [0.15, 0.2) is 0 Å². The van der Waals surface area contributed by atoms with Gasteiger partial charge in [0.1, 0.15) is 0 Å². The summed E-state index contributed by atoms with van der Waals surface area (Å²) in [6.07, 6.45) is 1.37. The van der Waals surface area contributed by atoms with Crippen LogP contribution in [0.15, 0.2) is 34.2 Å². The Morgan fingerprint density at radius 1 is 1.33 bits per heavy atom. The lowest BCUT2D eigenvalue weighted by Crippen LogP contribution is -1.78. The van der Waals surface area contributed by atoms with Crippen LogP contribution in [0, 0.1) is 0 Å². The van der Waals surface area contributed by atoms with Crippen LogP contribution in [0.4, 0.5) is 5.69 Å². The first-order valence-electron chi connectivity index (χ1n) is 3.61. The quantitative estimate of drug-likeness (QED) is 0.364. The van der Waals surface area contributed by atoms with Crippen molar-refractivity contribution in [3.63, 3.8) is 0 Å². The van der Waals surface area contributed by atoms with E-state index in [4.69, 9.17) is 9.79 Å². The third-order valence-corrected chi connectivity index (χ3v) is 2.78. The number of hydrogen-bond donors (Lipinski definition) is 2. The molecule has 0 saturated carbocycles. The maximum Gasteiger partial charge on any atom is 0.481 e. The van der Waals surface area contributed by atoms with Crippen LogP contribution in [0.2, 0.25) is 0 Å². The Hall–Kier alpha value is -0.940. The average molecular weight is 247 g/mol. The summed E-state index contributed by atoms with van der Waals surface area (Å²) in [5.41, 5.74) is 0.408. The summed E-state index contributed by atoms with van der Waals surface area (Å²) in [5, 5.41) is 0. The summed E-state index contributed by atoms with van der Waals surface area (Å²) in [5.74, 6) is 0. The Labute approximate surface area is 89.4 Å². The van der Waals surface area contributed by atoms with Crippen LogP contribution in [0.5, 0.6) is 0 Å². The van der Waals surface area contributed by atoms with Crippen molar-refractivity contribution in [3.05, 3.63) is 24.3 Å². The summed E-state index contributed by atoms with van der Waals surface area (Å²) in [4.78, 5) is 30.6. The summed E-state index contributed by atoms with van der Waals surface area (Å²) < 4.78 is 14.5. The fourth-order valence-electron chi connectivity index (χ4n) is 0.721. The second kappa shape index (κ2) is 5.23. The van der Waals surface area contributed by atoms with E-state index >= 15 is 0 Å². The molecule has 0 amide bonds. The maximum atomic E-state index is 10.4. The lowest BCUT2D eigenvalue weighted by Gasteiger charge is -2.02. The first kappa shape index (κ1) is 12.1. The molecule has 0 atom stereocenters. The zero-order valence-electron chi connectivity index (χ0n) is 7.23. The van der Waals surface area contributed by atoms with E-state index in [-0.39, 0.29) is 0 Å². The summed E-state index contributed by atoms with van der Waals surface area (Å²) >= 11 is 0.551. The normalized spacial score (nSPS) is 10.8. The number of aliphatic imine (C=N–C) groups is 1. The highest BCUT2D eigenvalue weighted by Crippen LogP contribution is 2.43. The van der Waals surface area contributed by atoms with Crippen molar-refractivity contribution in [2.45, 2.75) is 4.90 Å². The molecule has 0 aliphatic heterocycles. The molecular weight excluding hydrogens is 241 g/mol. The predicted molar refractivity (Wildman–Crippen MR) is 53.2 cm³/mol. The van der Waals surface area contributed by atoms with Gasteiger partial charge >= 0.3 is 7.82 Å². The molecule has 8 heteroatoms. The van der Waals surface area contributed by atoms with E-state index in [0.717, 1.165) is 0 Å². The van der Waals surface area contributed by atoms with Gasteiger partial charge in [0.25, 0.3) is 0 Å². The van der Waals surface area contributed by atoms with E-state index in [1.807, 2.05) is 0 Å². The zero-order valence-corrected chi connectivity index (χ0v) is 8.94. The van der Waals surface area contributed by atoms with Gasteiger partial charge < -0.3 is 9.79 Å². The molecule has 0 radical (unpaired) electrons. The van der Waals surface area contributed by atoms with E-state index in [9.17, 15) is 9.36 Å². The van der Waals surface area contributed by atoms with Gasteiger partial charge in [-0.25, -0.2) is 13.3 Å². The van der Waals surface area contributed by atoms with Crippen molar-refractivity contribution in [2.24, 2.45) is 4.99 Å². The molecular formula is C7H6NO5PS. The van der Waals surface area contributed by atoms with Crippen LogP contribution >= 0.6 is 19.9 Å². The predicted octanol–water partition coefficient (Wildman–Crippen LogP) is 1.77. The van der Waals surface area contributed by atoms with Gasteiger partial charge in [-0.3, -0.25) is 0 Å². The maximum absolute atomic E-state index is 10.4. The first-order valence-corrected chi connectivity index (χ1v) is 5.88. The van der Waals surface area contributed by atoms with Crippen molar-refractivity contribution in [3.8, 4) is 0 Å². The molecule has 2 N–H and O–H groups in total. The monoisotopic (exact) mass is 247 g/mol. The molecule has 0 saturated heterocycles. The standard InChI is InChI=1S/C7H6NO5PS/c9-5-8-6-1-3-7(4-2-6)15-13-14(10,11)12/h1-4H,(H2,10,11,12). The van der Waals surface area contributed by atoms with Crippen LogP contribution in [-0.4, -0.2) is 15.9 Å². The van der Waals surface area contributed by atoms with E-state index < -0.39 is 7.82 Å². The SMILES string of the molecule is O=C=Nc1ccc(SOP(=O)(O)O)cc1. The number of hydrogen-bond acceptors (Lipinski definition) is 5. The van der Waals surface area contributed by atoms with Gasteiger partial charge in [0.05, 0.1) is 5.69 Å². The van der Waals surface area contributed by atoms with Crippen LogP contribution in [0.1, 0.15) is 0 Å². The first-order chi connectivity index (χ1) is 7.01. The van der Waals surface area contributed by atoms with Crippen molar-refractivity contribution in [2.75, 3.05) is 0 Å². The highest BCUT2D eigenvalue weighted by molar-refractivity contribution is 7.97. The van der Waals surface area contributed by atoms with Crippen LogP contribution in [0.25, 0.3) is 0 Å². The molecule has 80 valence electrons. The molecule has 0 aliphatic rings. The Morgan fingerprint density at radius 3 is 2.40 bits per heavy atom. The Morgan fingerprint density at radius 2 is 1.93 bits per heavy atom. The zero-order chi connectivity index (χ0) is 11.3. The van der Waals surface area contributed by atoms with Gasteiger partial charge in [-0.1, -0.05) is 0 Å². The molecule has 1 aromatic rings. The molecule has 0 bridgehead atoms. The van der Waals surface area contributed by atoms with Crippen molar-refractivity contribution < 1.29 is 23.1 Å². The molecule has 0 aromatic heterocycles. The lowest BCUT2D eigenvalue weighted by atomic mass is 10.3. The molecule has 0 aliphatic carbocycles. The third-order valence-electron chi connectivity index (χ3n) is 1.24. The fourth-order valence-corrected chi connectivity index (χ4v) is 1.70. The van der Waals surface area contributed by atoms with Gasteiger partial charge in [-0.15, -0.1) is 0 Å². The summed E-state index contributed by atoms with van der Waals surface area (Å²) in [7, 11) is -4.48. The minimum atomic E-state index is -4.48. The largest absolute Gasteiger partial charge is 0.481 e. The van der Waals surface area contributed by atoms with E-state index in [1.165, 1.54) is 30.3 Å². The number of isocyanates is 1. The van der Waals surface area contributed by atoms with E-state index in [1.54, 1.807) is 0 Å². The lowest BCUT2D eigenvalue weighted by molar-refractivity contribution is 0.298. The molecule has 0 spiro atoms. The Bertz CT molecular complexity index is 422. The number of rotatable bonds is 4. The second-order valence-electron chi connectivity index (χ2n) is 2.35. The number of phosphoric acid groups is 1. The van der Waals surface area contributed by atoms with Crippen molar-refractivity contribution in [1.82, 2.24) is 0 Å². The Kier molecular flexibility index (Phi) is 4.23. The number of nitrogens with zero attached hydrogens (tertiary/aromatic N) is 1. The van der Waals surface area contributed by atoms with Gasteiger partial charge in [-0.05, 0) is 24.3 Å². The van der Waals surface area contributed by atoms with Crippen molar-refractivity contribution >= 4 is 31.6 Å². The molecule has 15 heavy (non-hydrogen) atoms. The van der Waals surface area contributed by atoms with E-state index in [0.29, 0.717) is 22.6 Å². The molecule has 0 heterocycles. The topological polar surface area (TPSA) is 96.2 Å². The third kappa shape index (κ3) is 4.90. The Balaban J connectivity index is 2.65. The number of benzene rings is 1. The highest BCUT2D eigenvalue weighted by Gasteiger charge is 2.14. The van der Waals surface area contributed by atoms with Crippen LogP contribution < -0.4 is 0 Å². The average Bonchev–Trinajstić information content (AvgIpc) is 2.16. The minimum absolute atomic E-state index is 0.408. The molecule has 0 fully saturated rings. The minimum Gasteiger partial charge on any atom is -0.302 e. The smallest absolute Gasteiger partial charge is 0.302 e. The molecule has 1 rings (SSSR count). The molecule has 6 nitrogen and oxygen atoms in total. The van der Waals surface area contributed by atoms with Gasteiger partial charge in [0.2, 0.25) is 6.08 Å². The number of carbonyl (C=O) groups excluding carboxylic acids is 1. The highest BCUT2D eigenvalue weighted by atomic mass is 32.2. The summed E-state index contributed by atoms with van der Waals surface area (Å²) in [6, 6.07) is 6.01. The second-order valence-corrected chi connectivity index (χ2v) is 4.56. The molecule has 1 aromatic carbocycles. The summed E-state index contributed by atoms with van der Waals surface area (Å²) in [6.45, 7) is 0. The van der Waals surface area contributed by atoms with Gasteiger partial charge in [-0.2, -0.15) is 4.99 Å².